The van der Waals surface area contributed by atoms with Gasteiger partial charge in [0.15, 0.2) is 0 Å². The average molecular weight is 319 g/mol. The number of carbonyl (C=O) groups is 2. The Hall–Kier alpha value is -2.53. The van der Waals surface area contributed by atoms with Crippen LogP contribution in [0.5, 0.6) is 0 Å². The summed E-state index contributed by atoms with van der Waals surface area (Å²) in [4.78, 5) is 23.6. The van der Waals surface area contributed by atoms with Gasteiger partial charge in [-0.15, -0.1) is 0 Å². The van der Waals surface area contributed by atoms with Gasteiger partial charge in [0.05, 0.1) is 24.9 Å². The summed E-state index contributed by atoms with van der Waals surface area (Å²) in [5, 5.41) is 6.22. The Bertz CT molecular complexity index is 689. The van der Waals surface area contributed by atoms with Crippen molar-refractivity contribution in [3.8, 4) is 0 Å². The number of benzene rings is 2. The molecule has 0 fully saturated rings. The number of nitrogens with one attached hydrogen (secondary N) is 2. The van der Waals surface area contributed by atoms with Crippen LogP contribution in [-0.2, 0) is 9.53 Å². The highest BCUT2D eigenvalue weighted by molar-refractivity contribution is 6.30. The first-order chi connectivity index (χ1) is 10.6. The smallest absolute Gasteiger partial charge is 0.339 e. The summed E-state index contributed by atoms with van der Waals surface area (Å²) in [6, 6.07) is 13.7. The Morgan fingerprint density at radius 3 is 2.64 bits per heavy atom. The summed E-state index contributed by atoms with van der Waals surface area (Å²) in [6.45, 7) is 0.0514. The molecule has 0 atom stereocenters. The molecule has 0 aliphatic carbocycles. The summed E-state index contributed by atoms with van der Waals surface area (Å²) in [7, 11) is 1.29. The molecule has 0 spiro atoms. The molecular formula is C16H15ClN2O3. The lowest BCUT2D eigenvalue weighted by Gasteiger charge is -2.10. The van der Waals surface area contributed by atoms with Crippen molar-refractivity contribution < 1.29 is 14.3 Å². The molecule has 2 aromatic rings. The molecule has 5 nitrogen and oxygen atoms in total. The van der Waals surface area contributed by atoms with E-state index in [0.29, 0.717) is 16.3 Å². The number of methoxy groups -OCH3 is 1. The Kier molecular flexibility index (Phi) is 5.38. The first kappa shape index (κ1) is 15.9. The minimum absolute atomic E-state index is 0.0514. The third kappa shape index (κ3) is 4.23. The molecule has 6 heteroatoms. The molecular weight excluding hydrogens is 304 g/mol. The molecule has 0 saturated carbocycles. The Morgan fingerprint density at radius 1 is 1.14 bits per heavy atom. The van der Waals surface area contributed by atoms with Crippen LogP contribution in [0, 0.1) is 0 Å². The van der Waals surface area contributed by atoms with Crippen LogP contribution in [-0.4, -0.2) is 25.5 Å². The molecule has 0 bridgehead atoms. The fourth-order valence-corrected chi connectivity index (χ4v) is 2.05. The van der Waals surface area contributed by atoms with Gasteiger partial charge in [-0.1, -0.05) is 29.8 Å². The number of rotatable bonds is 5. The van der Waals surface area contributed by atoms with Gasteiger partial charge in [0.25, 0.3) is 0 Å². The number of ether oxygens (including phenoxy) is 1. The summed E-state index contributed by atoms with van der Waals surface area (Å²) >= 11 is 5.87. The van der Waals surface area contributed by atoms with Crippen molar-refractivity contribution in [1.29, 1.82) is 0 Å². The fourth-order valence-electron chi connectivity index (χ4n) is 1.86. The van der Waals surface area contributed by atoms with Gasteiger partial charge in [-0.3, -0.25) is 4.79 Å². The van der Waals surface area contributed by atoms with E-state index in [-0.39, 0.29) is 12.5 Å². The molecule has 0 aliphatic rings. The van der Waals surface area contributed by atoms with E-state index in [4.69, 9.17) is 11.6 Å². The molecule has 2 N–H and O–H groups in total. The van der Waals surface area contributed by atoms with Crippen molar-refractivity contribution in [2.75, 3.05) is 24.3 Å². The van der Waals surface area contributed by atoms with E-state index >= 15 is 0 Å². The molecule has 0 heterocycles. The number of anilines is 2. The lowest BCUT2D eigenvalue weighted by Crippen LogP contribution is -2.23. The maximum atomic E-state index is 12.0. The minimum Gasteiger partial charge on any atom is -0.465 e. The van der Waals surface area contributed by atoms with Crippen molar-refractivity contribution >= 4 is 34.9 Å². The average Bonchev–Trinajstić information content (AvgIpc) is 2.53. The van der Waals surface area contributed by atoms with Crippen molar-refractivity contribution in [3.05, 3.63) is 59.1 Å². The number of esters is 1. The number of halogens is 1. The zero-order chi connectivity index (χ0) is 15.9. The molecule has 2 aromatic carbocycles. The van der Waals surface area contributed by atoms with Crippen LogP contribution in [0.1, 0.15) is 10.4 Å². The van der Waals surface area contributed by atoms with Gasteiger partial charge in [0.1, 0.15) is 0 Å². The van der Waals surface area contributed by atoms with E-state index in [1.54, 1.807) is 42.5 Å². The normalized spacial score (nSPS) is 9.91. The van der Waals surface area contributed by atoms with E-state index < -0.39 is 5.97 Å². The maximum absolute atomic E-state index is 12.0. The second-order valence-corrected chi connectivity index (χ2v) is 4.89. The lowest BCUT2D eigenvalue weighted by molar-refractivity contribution is -0.114. The molecule has 1 amide bonds. The van der Waals surface area contributed by atoms with Crippen LogP contribution < -0.4 is 10.6 Å². The molecule has 0 unspecified atom stereocenters. The quantitative estimate of drug-likeness (QED) is 0.831. The monoisotopic (exact) mass is 318 g/mol. The van der Waals surface area contributed by atoms with Gasteiger partial charge in [0.2, 0.25) is 5.91 Å². The second-order valence-electron chi connectivity index (χ2n) is 4.45. The van der Waals surface area contributed by atoms with E-state index in [2.05, 4.69) is 15.4 Å². The minimum atomic E-state index is -0.501. The van der Waals surface area contributed by atoms with Crippen LogP contribution >= 0.6 is 11.6 Å². The topological polar surface area (TPSA) is 67.4 Å². The van der Waals surface area contributed by atoms with E-state index in [0.717, 1.165) is 5.69 Å². The van der Waals surface area contributed by atoms with Gasteiger partial charge in [-0.2, -0.15) is 0 Å². The van der Waals surface area contributed by atoms with Gasteiger partial charge < -0.3 is 15.4 Å². The Balaban J connectivity index is 1.99. The van der Waals surface area contributed by atoms with Crippen LogP contribution in [0.2, 0.25) is 5.02 Å². The molecule has 0 aromatic heterocycles. The van der Waals surface area contributed by atoms with Gasteiger partial charge in [-0.25, -0.2) is 4.79 Å². The number of hydrogen-bond acceptors (Lipinski definition) is 4. The summed E-state index contributed by atoms with van der Waals surface area (Å²) in [5.74, 6) is -0.782. The van der Waals surface area contributed by atoms with E-state index in [9.17, 15) is 9.59 Å². The van der Waals surface area contributed by atoms with Crippen molar-refractivity contribution in [2.45, 2.75) is 0 Å². The molecule has 0 aliphatic heterocycles. The van der Waals surface area contributed by atoms with Gasteiger partial charge in [-0.05, 0) is 30.3 Å². The number of hydrogen-bond donors (Lipinski definition) is 2. The van der Waals surface area contributed by atoms with E-state index in [1.165, 1.54) is 7.11 Å². The maximum Gasteiger partial charge on any atom is 0.339 e. The van der Waals surface area contributed by atoms with Crippen LogP contribution in [0.15, 0.2) is 48.5 Å². The molecule has 0 radical (unpaired) electrons. The van der Waals surface area contributed by atoms with Crippen LogP contribution in [0.25, 0.3) is 0 Å². The van der Waals surface area contributed by atoms with Crippen LogP contribution in [0.3, 0.4) is 0 Å². The summed E-state index contributed by atoms with van der Waals surface area (Å²) < 4.78 is 4.68. The predicted molar refractivity (Wildman–Crippen MR) is 86.4 cm³/mol. The summed E-state index contributed by atoms with van der Waals surface area (Å²) in [6.07, 6.45) is 0. The Morgan fingerprint density at radius 2 is 1.91 bits per heavy atom. The predicted octanol–water partition coefficient (Wildman–Crippen LogP) is 3.18. The SMILES string of the molecule is COC(=O)c1ccccc1NC(=O)CNc1cccc(Cl)c1. The second kappa shape index (κ2) is 7.47. The third-order valence-electron chi connectivity index (χ3n) is 2.88. The first-order valence-electron chi connectivity index (χ1n) is 6.57. The number of carbonyl (C=O) groups excluding carboxylic acids is 2. The number of para-hydroxylation sites is 1. The molecule has 2 rings (SSSR count). The van der Waals surface area contributed by atoms with Gasteiger partial charge >= 0.3 is 5.97 Å². The number of amides is 1. The Labute approximate surface area is 133 Å². The van der Waals surface area contributed by atoms with E-state index in [1.807, 2.05) is 6.07 Å². The zero-order valence-corrected chi connectivity index (χ0v) is 12.7. The molecule has 0 saturated heterocycles. The zero-order valence-electron chi connectivity index (χ0n) is 11.9. The fraction of sp³-hybridized carbons (Fsp3) is 0.125. The molecule has 114 valence electrons. The summed E-state index contributed by atoms with van der Waals surface area (Å²) in [5.41, 5.74) is 1.46. The van der Waals surface area contributed by atoms with Gasteiger partial charge in [0, 0.05) is 10.7 Å². The van der Waals surface area contributed by atoms with Crippen molar-refractivity contribution in [1.82, 2.24) is 0 Å². The highest BCUT2D eigenvalue weighted by Crippen LogP contribution is 2.17. The highest BCUT2D eigenvalue weighted by Gasteiger charge is 2.12. The standard InChI is InChI=1S/C16H15ClN2O3/c1-22-16(21)13-7-2-3-8-14(13)19-15(20)10-18-12-6-4-5-11(17)9-12/h2-9,18H,10H2,1H3,(H,19,20). The highest BCUT2D eigenvalue weighted by atomic mass is 35.5. The van der Waals surface area contributed by atoms with Crippen molar-refractivity contribution in [3.63, 3.8) is 0 Å². The van der Waals surface area contributed by atoms with Crippen LogP contribution in [0.4, 0.5) is 11.4 Å². The first-order valence-corrected chi connectivity index (χ1v) is 6.94. The largest absolute Gasteiger partial charge is 0.465 e. The third-order valence-corrected chi connectivity index (χ3v) is 3.12. The lowest BCUT2D eigenvalue weighted by atomic mass is 10.2. The van der Waals surface area contributed by atoms with Crippen molar-refractivity contribution in [2.24, 2.45) is 0 Å². The molecule has 22 heavy (non-hydrogen) atoms.